The van der Waals surface area contributed by atoms with Crippen molar-refractivity contribution in [2.75, 3.05) is 11.9 Å². The van der Waals surface area contributed by atoms with Crippen LogP contribution < -0.4 is 10.6 Å². The number of hydrogen-bond acceptors (Lipinski definition) is 2. The molecular weight excluding hydrogens is 369 g/mol. The minimum absolute atomic E-state index is 0.0315. The summed E-state index contributed by atoms with van der Waals surface area (Å²) in [5.74, 6) is -1.21. The molecule has 1 aromatic rings. The number of alkyl halides is 3. The van der Waals surface area contributed by atoms with Crippen LogP contribution in [0.4, 0.5) is 18.9 Å². The summed E-state index contributed by atoms with van der Waals surface area (Å²) in [6, 6.07) is 2.62. The molecule has 0 saturated heterocycles. The van der Waals surface area contributed by atoms with Gasteiger partial charge in [0.25, 0.3) is 0 Å². The van der Waals surface area contributed by atoms with Crippen LogP contribution in [0.25, 0.3) is 0 Å². The number of anilines is 1. The average molecular weight is 389 g/mol. The number of allylic oxidation sites excluding steroid dienone is 1. The highest BCUT2D eigenvalue weighted by Gasteiger charge is 2.31. The molecule has 1 aliphatic rings. The summed E-state index contributed by atoms with van der Waals surface area (Å²) >= 11 is 5.81. The fraction of sp³-hybridized carbons (Fsp3) is 0.444. The van der Waals surface area contributed by atoms with Crippen molar-refractivity contribution in [3.8, 4) is 0 Å². The van der Waals surface area contributed by atoms with E-state index in [1.807, 2.05) is 0 Å². The van der Waals surface area contributed by atoms with E-state index in [0.717, 1.165) is 43.9 Å². The first-order valence-electron chi connectivity index (χ1n) is 8.37. The van der Waals surface area contributed by atoms with Crippen molar-refractivity contribution in [3.63, 3.8) is 0 Å². The van der Waals surface area contributed by atoms with Gasteiger partial charge < -0.3 is 10.6 Å². The van der Waals surface area contributed by atoms with E-state index in [4.69, 9.17) is 11.6 Å². The van der Waals surface area contributed by atoms with E-state index < -0.39 is 30.0 Å². The van der Waals surface area contributed by atoms with E-state index >= 15 is 0 Å². The van der Waals surface area contributed by atoms with Crippen molar-refractivity contribution in [3.05, 3.63) is 40.4 Å². The summed E-state index contributed by atoms with van der Waals surface area (Å²) in [7, 11) is 0. The lowest BCUT2D eigenvalue weighted by Gasteiger charge is -2.13. The number of halogens is 4. The Morgan fingerprint density at radius 1 is 1.15 bits per heavy atom. The Bertz CT molecular complexity index is 702. The molecule has 0 saturated carbocycles. The normalized spacial score (nSPS) is 14.5. The van der Waals surface area contributed by atoms with Crippen LogP contribution in [0.15, 0.2) is 29.8 Å². The number of carbonyl (C=O) groups is 2. The van der Waals surface area contributed by atoms with Crippen molar-refractivity contribution < 1.29 is 22.8 Å². The lowest BCUT2D eigenvalue weighted by atomic mass is 9.97. The number of carbonyl (C=O) groups excluding carboxylic acids is 2. The SMILES string of the molecule is O=C(CC(=O)Nc1cc(C(F)(F)F)ccc1Cl)NCCC1=CCCCC1. The fourth-order valence-electron chi connectivity index (χ4n) is 2.69. The number of rotatable bonds is 6. The summed E-state index contributed by atoms with van der Waals surface area (Å²) in [6.45, 7) is 0.433. The fourth-order valence-corrected chi connectivity index (χ4v) is 2.86. The maximum Gasteiger partial charge on any atom is 0.416 e. The largest absolute Gasteiger partial charge is 0.416 e. The van der Waals surface area contributed by atoms with Crippen LogP contribution in [0.5, 0.6) is 0 Å². The molecule has 26 heavy (non-hydrogen) atoms. The summed E-state index contributed by atoms with van der Waals surface area (Å²) in [5.41, 5.74) is 0.200. The smallest absolute Gasteiger partial charge is 0.355 e. The zero-order chi connectivity index (χ0) is 19.2. The van der Waals surface area contributed by atoms with Gasteiger partial charge in [0.15, 0.2) is 0 Å². The third-order valence-electron chi connectivity index (χ3n) is 4.04. The van der Waals surface area contributed by atoms with Gasteiger partial charge in [-0.3, -0.25) is 9.59 Å². The first-order chi connectivity index (χ1) is 12.3. The van der Waals surface area contributed by atoms with Gasteiger partial charge in [0.1, 0.15) is 6.42 Å². The molecule has 0 atom stereocenters. The molecular formula is C18H20ClF3N2O2. The second kappa shape index (κ2) is 9.07. The molecule has 2 N–H and O–H groups in total. The van der Waals surface area contributed by atoms with Gasteiger partial charge in [-0.25, -0.2) is 0 Å². The van der Waals surface area contributed by atoms with Crippen molar-refractivity contribution in [1.82, 2.24) is 5.32 Å². The lowest BCUT2D eigenvalue weighted by molar-refractivity contribution is -0.137. The first-order valence-corrected chi connectivity index (χ1v) is 8.74. The molecule has 4 nitrogen and oxygen atoms in total. The van der Waals surface area contributed by atoms with Crippen molar-refractivity contribution in [1.29, 1.82) is 0 Å². The van der Waals surface area contributed by atoms with E-state index in [1.165, 1.54) is 12.0 Å². The minimum atomic E-state index is -4.55. The third kappa shape index (κ3) is 6.37. The van der Waals surface area contributed by atoms with Gasteiger partial charge >= 0.3 is 6.18 Å². The topological polar surface area (TPSA) is 58.2 Å². The summed E-state index contributed by atoms with van der Waals surface area (Å²) < 4.78 is 38.1. The van der Waals surface area contributed by atoms with Gasteiger partial charge in [0.2, 0.25) is 11.8 Å². The van der Waals surface area contributed by atoms with Gasteiger partial charge in [0, 0.05) is 6.54 Å². The highest BCUT2D eigenvalue weighted by atomic mass is 35.5. The van der Waals surface area contributed by atoms with Crippen molar-refractivity contribution in [2.24, 2.45) is 0 Å². The molecule has 142 valence electrons. The molecule has 0 aromatic heterocycles. The maximum atomic E-state index is 12.7. The molecule has 0 bridgehead atoms. The molecule has 0 aliphatic heterocycles. The highest BCUT2D eigenvalue weighted by Crippen LogP contribution is 2.33. The van der Waals surface area contributed by atoms with Crippen molar-refractivity contribution in [2.45, 2.75) is 44.7 Å². The molecule has 0 spiro atoms. The third-order valence-corrected chi connectivity index (χ3v) is 4.37. The monoisotopic (exact) mass is 388 g/mol. The van der Waals surface area contributed by atoms with Gasteiger partial charge in [-0.1, -0.05) is 23.3 Å². The maximum absolute atomic E-state index is 12.7. The second-order valence-electron chi connectivity index (χ2n) is 6.13. The summed E-state index contributed by atoms with van der Waals surface area (Å²) in [5, 5.41) is 4.86. The average Bonchev–Trinajstić information content (AvgIpc) is 2.56. The highest BCUT2D eigenvalue weighted by molar-refractivity contribution is 6.33. The number of benzene rings is 1. The predicted molar refractivity (Wildman–Crippen MR) is 93.9 cm³/mol. The number of nitrogens with one attached hydrogen (secondary N) is 2. The van der Waals surface area contributed by atoms with Gasteiger partial charge in [-0.15, -0.1) is 0 Å². The van der Waals surface area contributed by atoms with E-state index in [1.54, 1.807) is 0 Å². The van der Waals surface area contributed by atoms with Gasteiger partial charge in [0.05, 0.1) is 16.3 Å². The van der Waals surface area contributed by atoms with Crippen molar-refractivity contribution >= 4 is 29.1 Å². The molecule has 1 aliphatic carbocycles. The van der Waals surface area contributed by atoms with Crippen LogP contribution in [0.3, 0.4) is 0 Å². The van der Waals surface area contributed by atoms with E-state index in [0.29, 0.717) is 6.54 Å². The Morgan fingerprint density at radius 3 is 2.58 bits per heavy atom. The minimum Gasteiger partial charge on any atom is -0.355 e. The first kappa shape index (κ1) is 20.3. The Morgan fingerprint density at radius 2 is 1.92 bits per heavy atom. The molecule has 2 amide bonds. The molecule has 0 heterocycles. The zero-order valence-electron chi connectivity index (χ0n) is 14.1. The molecule has 0 radical (unpaired) electrons. The Labute approximate surface area is 154 Å². The van der Waals surface area contributed by atoms with Crippen LogP contribution in [0, 0.1) is 0 Å². The molecule has 1 aromatic carbocycles. The number of amides is 2. The molecule has 0 fully saturated rings. The quantitative estimate of drug-likeness (QED) is 0.548. The molecule has 2 rings (SSSR count). The summed E-state index contributed by atoms with van der Waals surface area (Å²) in [4.78, 5) is 23.7. The Kier molecular flexibility index (Phi) is 7.08. The van der Waals surface area contributed by atoms with Crippen LogP contribution in [0.1, 0.15) is 44.1 Å². The Hall–Kier alpha value is -2.02. The second-order valence-corrected chi connectivity index (χ2v) is 6.53. The molecule has 8 heteroatoms. The van der Waals surface area contributed by atoms with Crippen LogP contribution in [0.2, 0.25) is 5.02 Å². The standard InChI is InChI=1S/C18H20ClF3N2O2/c19-14-7-6-13(18(20,21)22)10-15(14)24-17(26)11-16(25)23-9-8-12-4-2-1-3-5-12/h4,6-7,10H,1-3,5,8-9,11H2,(H,23,25)(H,24,26). The van der Waals surface area contributed by atoms with E-state index in [9.17, 15) is 22.8 Å². The van der Waals surface area contributed by atoms with Crippen LogP contribution in [-0.2, 0) is 15.8 Å². The van der Waals surface area contributed by atoms with E-state index in [2.05, 4.69) is 16.7 Å². The van der Waals surface area contributed by atoms with Crippen LogP contribution in [-0.4, -0.2) is 18.4 Å². The lowest BCUT2D eigenvalue weighted by Crippen LogP contribution is -2.29. The summed E-state index contributed by atoms with van der Waals surface area (Å²) in [6.07, 6.45) is 2.33. The van der Waals surface area contributed by atoms with Crippen LogP contribution >= 0.6 is 11.6 Å². The Balaban J connectivity index is 1.82. The van der Waals surface area contributed by atoms with E-state index in [-0.39, 0.29) is 10.7 Å². The number of hydrogen-bond donors (Lipinski definition) is 2. The van der Waals surface area contributed by atoms with Gasteiger partial charge in [-0.05, 0) is 50.3 Å². The molecule has 0 unspecified atom stereocenters. The van der Waals surface area contributed by atoms with Gasteiger partial charge in [-0.2, -0.15) is 13.2 Å². The predicted octanol–water partition coefficient (Wildman–Crippen LogP) is 4.69. The zero-order valence-corrected chi connectivity index (χ0v) is 14.8.